The van der Waals surface area contributed by atoms with Crippen molar-refractivity contribution in [3.63, 3.8) is 0 Å². The summed E-state index contributed by atoms with van der Waals surface area (Å²) in [5, 5.41) is 11.1. The van der Waals surface area contributed by atoms with Gasteiger partial charge in [-0.25, -0.2) is 4.98 Å². The highest BCUT2D eigenvalue weighted by molar-refractivity contribution is 9.10. The van der Waals surface area contributed by atoms with Crippen molar-refractivity contribution in [3.05, 3.63) is 49.9 Å². The first-order valence-corrected chi connectivity index (χ1v) is 7.03. The van der Waals surface area contributed by atoms with E-state index in [1.807, 2.05) is 31.2 Å². The zero-order chi connectivity index (χ0) is 12.4. The summed E-state index contributed by atoms with van der Waals surface area (Å²) < 4.78 is 0.987. The lowest BCUT2D eigenvalue weighted by Crippen LogP contribution is -2.01. The van der Waals surface area contributed by atoms with E-state index < -0.39 is 6.10 Å². The molecule has 0 saturated carbocycles. The number of halogens is 1. The van der Waals surface area contributed by atoms with Gasteiger partial charge in [0.2, 0.25) is 0 Å². The Hall–Kier alpha value is -0.710. The van der Waals surface area contributed by atoms with Crippen LogP contribution >= 0.6 is 27.3 Å². The van der Waals surface area contributed by atoms with Crippen LogP contribution < -0.4 is 0 Å². The number of rotatable bonds is 3. The third kappa shape index (κ3) is 3.15. The van der Waals surface area contributed by atoms with Crippen molar-refractivity contribution in [2.24, 2.45) is 0 Å². The van der Waals surface area contributed by atoms with Crippen molar-refractivity contribution in [2.75, 3.05) is 0 Å². The van der Waals surface area contributed by atoms with Crippen molar-refractivity contribution >= 4 is 27.3 Å². The molecule has 2 rings (SSSR count). The van der Waals surface area contributed by atoms with Crippen molar-refractivity contribution < 1.29 is 5.11 Å². The predicted molar refractivity (Wildman–Crippen MR) is 74.4 cm³/mol. The summed E-state index contributed by atoms with van der Waals surface area (Å²) in [7, 11) is 0. The lowest BCUT2D eigenvalue weighted by atomic mass is 10.1. The van der Waals surface area contributed by atoms with Crippen LogP contribution in [0.25, 0.3) is 0 Å². The van der Waals surface area contributed by atoms with Gasteiger partial charge in [-0.2, -0.15) is 0 Å². The van der Waals surface area contributed by atoms with Crippen molar-refractivity contribution in [3.8, 4) is 0 Å². The van der Waals surface area contributed by atoms with Gasteiger partial charge in [-0.3, -0.25) is 0 Å². The average molecular weight is 312 g/mol. The molecule has 0 bridgehead atoms. The maximum Gasteiger partial charge on any atom is 0.0960 e. The van der Waals surface area contributed by atoms with E-state index in [2.05, 4.69) is 27.8 Å². The lowest BCUT2D eigenvalue weighted by Gasteiger charge is -2.09. The highest BCUT2D eigenvalue weighted by Gasteiger charge is 2.12. The molecule has 1 heterocycles. The van der Waals surface area contributed by atoms with Crippen LogP contribution in [0.4, 0.5) is 0 Å². The number of thiazole rings is 1. The second kappa shape index (κ2) is 5.29. The molecule has 2 nitrogen and oxygen atoms in total. The van der Waals surface area contributed by atoms with E-state index >= 15 is 0 Å². The minimum absolute atomic E-state index is 0.488. The summed E-state index contributed by atoms with van der Waals surface area (Å²) in [6, 6.07) is 7.76. The minimum Gasteiger partial charge on any atom is -0.388 e. The van der Waals surface area contributed by atoms with Crippen LogP contribution in [0.2, 0.25) is 0 Å². The number of aliphatic hydroxyl groups excluding tert-OH is 1. The predicted octanol–water partition coefficient (Wildman–Crippen LogP) is 3.80. The Kier molecular flexibility index (Phi) is 3.97. The summed E-state index contributed by atoms with van der Waals surface area (Å²) in [6.45, 7) is 4.06. The van der Waals surface area contributed by atoms with E-state index in [-0.39, 0.29) is 0 Å². The first-order valence-electron chi connectivity index (χ1n) is 5.42. The second-order valence-electron chi connectivity index (χ2n) is 4.02. The van der Waals surface area contributed by atoms with Crippen LogP contribution in [0.1, 0.15) is 27.2 Å². The molecule has 1 aromatic carbocycles. The van der Waals surface area contributed by atoms with Crippen LogP contribution in [-0.4, -0.2) is 10.1 Å². The monoisotopic (exact) mass is 311 g/mol. The van der Waals surface area contributed by atoms with Gasteiger partial charge in [0, 0.05) is 15.8 Å². The van der Waals surface area contributed by atoms with Gasteiger partial charge in [0.25, 0.3) is 0 Å². The molecule has 0 aliphatic carbocycles. The standard InChI is InChI=1S/C13H14BrNOS/c1-8-9(2)17-13(15-8)7-12(16)10-4-3-5-11(14)6-10/h3-6,12,16H,7H2,1-2H3. The van der Waals surface area contributed by atoms with Crippen LogP contribution in [0.5, 0.6) is 0 Å². The molecule has 0 spiro atoms. The van der Waals surface area contributed by atoms with E-state index in [4.69, 9.17) is 0 Å². The van der Waals surface area contributed by atoms with E-state index in [1.54, 1.807) is 11.3 Å². The summed E-state index contributed by atoms with van der Waals surface area (Å²) in [4.78, 5) is 5.67. The smallest absolute Gasteiger partial charge is 0.0960 e. The maximum atomic E-state index is 10.1. The molecule has 90 valence electrons. The van der Waals surface area contributed by atoms with Crippen molar-refractivity contribution in [1.82, 2.24) is 4.98 Å². The highest BCUT2D eigenvalue weighted by Crippen LogP contribution is 2.24. The minimum atomic E-state index is -0.488. The lowest BCUT2D eigenvalue weighted by molar-refractivity contribution is 0.178. The zero-order valence-corrected chi connectivity index (χ0v) is 12.2. The van der Waals surface area contributed by atoms with E-state index in [9.17, 15) is 5.11 Å². The summed E-state index contributed by atoms with van der Waals surface area (Å²) in [6.07, 6.45) is 0.0907. The molecular weight excluding hydrogens is 298 g/mol. The Labute approximate surface area is 113 Å². The number of hydrogen-bond donors (Lipinski definition) is 1. The van der Waals surface area contributed by atoms with E-state index in [0.29, 0.717) is 6.42 Å². The fourth-order valence-electron chi connectivity index (χ4n) is 1.62. The van der Waals surface area contributed by atoms with Crippen LogP contribution in [0.3, 0.4) is 0 Å². The number of aryl methyl sites for hydroxylation is 2. The molecule has 0 saturated heterocycles. The number of benzene rings is 1. The van der Waals surface area contributed by atoms with E-state index in [1.165, 1.54) is 4.88 Å². The quantitative estimate of drug-likeness (QED) is 0.935. The second-order valence-corrected chi connectivity index (χ2v) is 6.23. The Bertz CT molecular complexity index is 504. The zero-order valence-electron chi connectivity index (χ0n) is 9.77. The van der Waals surface area contributed by atoms with Gasteiger partial charge in [0.15, 0.2) is 0 Å². The summed E-state index contributed by atoms with van der Waals surface area (Å²) >= 11 is 5.07. The molecule has 1 aromatic heterocycles. The molecule has 1 N–H and O–H groups in total. The van der Waals surface area contributed by atoms with E-state index in [0.717, 1.165) is 20.7 Å². The van der Waals surface area contributed by atoms with Crippen LogP contribution in [0.15, 0.2) is 28.7 Å². The highest BCUT2D eigenvalue weighted by atomic mass is 79.9. The van der Waals surface area contributed by atoms with Gasteiger partial charge in [-0.15, -0.1) is 11.3 Å². The molecular formula is C13H14BrNOS. The third-order valence-corrected chi connectivity index (χ3v) is 4.26. The normalized spacial score (nSPS) is 12.7. The molecule has 0 fully saturated rings. The molecule has 17 heavy (non-hydrogen) atoms. The Morgan fingerprint density at radius 3 is 2.76 bits per heavy atom. The molecule has 0 radical (unpaired) electrons. The maximum absolute atomic E-state index is 10.1. The van der Waals surface area contributed by atoms with Gasteiger partial charge in [-0.05, 0) is 31.5 Å². The molecule has 0 amide bonds. The number of nitrogens with zero attached hydrogens (tertiary/aromatic N) is 1. The van der Waals surface area contributed by atoms with Gasteiger partial charge >= 0.3 is 0 Å². The molecule has 0 aliphatic heterocycles. The number of aromatic nitrogens is 1. The van der Waals surface area contributed by atoms with Gasteiger partial charge < -0.3 is 5.11 Å². The Balaban J connectivity index is 2.14. The van der Waals surface area contributed by atoms with Crippen molar-refractivity contribution in [2.45, 2.75) is 26.4 Å². The van der Waals surface area contributed by atoms with Crippen LogP contribution in [-0.2, 0) is 6.42 Å². The Morgan fingerprint density at radius 1 is 1.41 bits per heavy atom. The Morgan fingerprint density at radius 2 is 2.18 bits per heavy atom. The summed E-state index contributed by atoms with van der Waals surface area (Å²) in [5.74, 6) is 0. The molecule has 1 unspecified atom stereocenters. The molecule has 2 aromatic rings. The fourth-order valence-corrected chi connectivity index (χ4v) is 3.01. The first kappa shape index (κ1) is 12.7. The van der Waals surface area contributed by atoms with Gasteiger partial charge in [0.05, 0.1) is 16.8 Å². The average Bonchev–Trinajstić information content (AvgIpc) is 2.58. The van der Waals surface area contributed by atoms with Gasteiger partial charge in [0.1, 0.15) is 0 Å². The molecule has 4 heteroatoms. The number of aliphatic hydroxyl groups is 1. The van der Waals surface area contributed by atoms with Gasteiger partial charge in [-0.1, -0.05) is 28.1 Å². The molecule has 0 aliphatic rings. The molecule has 1 atom stereocenters. The summed E-state index contributed by atoms with van der Waals surface area (Å²) in [5.41, 5.74) is 1.98. The largest absolute Gasteiger partial charge is 0.388 e. The first-order chi connectivity index (χ1) is 8.06. The van der Waals surface area contributed by atoms with Crippen LogP contribution in [0, 0.1) is 13.8 Å². The SMILES string of the molecule is Cc1nc(CC(O)c2cccc(Br)c2)sc1C. The topological polar surface area (TPSA) is 33.1 Å². The van der Waals surface area contributed by atoms with Crippen molar-refractivity contribution in [1.29, 1.82) is 0 Å². The third-order valence-electron chi connectivity index (χ3n) is 2.67. The number of hydrogen-bond acceptors (Lipinski definition) is 3. The fraction of sp³-hybridized carbons (Fsp3) is 0.308.